The van der Waals surface area contributed by atoms with E-state index < -0.39 is 23.6 Å². The molecule has 0 aliphatic rings. The van der Waals surface area contributed by atoms with Gasteiger partial charge >= 0.3 is 6.09 Å². The van der Waals surface area contributed by atoms with Gasteiger partial charge in [-0.1, -0.05) is 0 Å². The second-order valence-corrected chi connectivity index (χ2v) is 5.50. The number of rotatable bonds is 5. The molecular weight excluding hydrogens is 276 g/mol. The highest BCUT2D eigenvalue weighted by Crippen LogP contribution is 2.08. The molecule has 1 aromatic rings. The largest absolute Gasteiger partial charge is 0.444 e. The topological polar surface area (TPSA) is 96.5 Å². The molecule has 2 amide bonds. The number of nitrogens with one attached hydrogen (secondary N) is 2. The van der Waals surface area contributed by atoms with Crippen molar-refractivity contribution in [3.8, 4) is 0 Å². The van der Waals surface area contributed by atoms with Crippen molar-refractivity contribution >= 4 is 12.0 Å². The summed E-state index contributed by atoms with van der Waals surface area (Å²) >= 11 is 0. The molecule has 8 heteroatoms. The third-order valence-corrected chi connectivity index (χ3v) is 2.55. The van der Waals surface area contributed by atoms with E-state index in [9.17, 15) is 9.59 Å². The fourth-order valence-electron chi connectivity index (χ4n) is 1.58. The third kappa shape index (κ3) is 5.82. The number of hydrogen-bond donors (Lipinski definition) is 2. The monoisotopic (exact) mass is 298 g/mol. The van der Waals surface area contributed by atoms with Crippen molar-refractivity contribution in [1.29, 1.82) is 0 Å². The van der Waals surface area contributed by atoms with Crippen LogP contribution in [0, 0.1) is 0 Å². The van der Waals surface area contributed by atoms with E-state index in [2.05, 4.69) is 15.3 Å². The smallest absolute Gasteiger partial charge is 0.408 e. The first-order chi connectivity index (χ1) is 9.73. The molecule has 0 radical (unpaired) electrons. The molecule has 0 spiro atoms. The van der Waals surface area contributed by atoms with Gasteiger partial charge in [-0.15, -0.1) is 0 Å². The molecule has 0 aliphatic carbocycles. The number of H-pyrrole nitrogens is 1. The van der Waals surface area contributed by atoms with Gasteiger partial charge in [-0.05, 0) is 20.8 Å². The number of aromatic amines is 1. The summed E-state index contributed by atoms with van der Waals surface area (Å²) in [6.45, 7) is 5.25. The van der Waals surface area contributed by atoms with E-state index in [1.165, 1.54) is 20.5 Å². The Morgan fingerprint density at radius 2 is 2.14 bits per heavy atom. The van der Waals surface area contributed by atoms with Crippen LogP contribution in [0.25, 0.3) is 0 Å². The minimum absolute atomic E-state index is 0.256. The van der Waals surface area contributed by atoms with Gasteiger partial charge < -0.3 is 15.0 Å². The summed E-state index contributed by atoms with van der Waals surface area (Å²) in [6, 6.07) is -0.815. The van der Waals surface area contributed by atoms with E-state index >= 15 is 0 Å². The Labute approximate surface area is 123 Å². The molecule has 0 saturated heterocycles. The standard InChI is InChI=1S/C13H22N4O4/c1-13(2,3)21-12(19)16-10(11(18)17(4)20-5)6-9-7-14-8-15-9/h7-8,10H,6H2,1-5H3,(H,14,15)(H,16,19)/t10-/m1/s1. The van der Waals surface area contributed by atoms with Gasteiger partial charge in [0.25, 0.3) is 5.91 Å². The molecule has 21 heavy (non-hydrogen) atoms. The highest BCUT2D eigenvalue weighted by Gasteiger charge is 2.27. The number of likely N-dealkylation sites (N-methyl/N-ethyl adjacent to an activating group) is 1. The number of aromatic nitrogens is 2. The predicted molar refractivity (Wildman–Crippen MR) is 75.2 cm³/mol. The summed E-state index contributed by atoms with van der Waals surface area (Å²) in [5.74, 6) is -0.391. The van der Waals surface area contributed by atoms with Crippen molar-refractivity contribution < 1.29 is 19.2 Å². The fraction of sp³-hybridized carbons (Fsp3) is 0.615. The number of amides is 2. The number of imidazole rings is 1. The summed E-state index contributed by atoms with van der Waals surface area (Å²) in [5, 5.41) is 3.60. The van der Waals surface area contributed by atoms with Crippen LogP contribution in [-0.4, -0.2) is 52.8 Å². The van der Waals surface area contributed by atoms with Crippen LogP contribution in [-0.2, 0) is 20.8 Å². The Kier molecular flexibility index (Phi) is 5.71. The van der Waals surface area contributed by atoms with E-state index in [1.807, 2.05) is 0 Å². The van der Waals surface area contributed by atoms with Crippen molar-refractivity contribution in [1.82, 2.24) is 20.3 Å². The molecule has 1 atom stereocenters. The lowest BCUT2D eigenvalue weighted by molar-refractivity contribution is -0.171. The second kappa shape index (κ2) is 7.07. The van der Waals surface area contributed by atoms with Crippen molar-refractivity contribution in [3.63, 3.8) is 0 Å². The first kappa shape index (κ1) is 17.0. The van der Waals surface area contributed by atoms with E-state index in [1.54, 1.807) is 27.0 Å². The molecule has 0 aliphatic heterocycles. The zero-order valence-corrected chi connectivity index (χ0v) is 13.0. The molecule has 1 heterocycles. The number of nitrogens with zero attached hydrogens (tertiary/aromatic N) is 2. The van der Waals surface area contributed by atoms with Gasteiger partial charge in [0.2, 0.25) is 0 Å². The van der Waals surface area contributed by atoms with E-state index in [0.717, 1.165) is 5.06 Å². The molecule has 2 N–H and O–H groups in total. The quantitative estimate of drug-likeness (QED) is 0.786. The number of ether oxygens (including phenoxy) is 1. The highest BCUT2D eigenvalue weighted by atomic mass is 16.7. The van der Waals surface area contributed by atoms with Crippen molar-refractivity contribution in [2.24, 2.45) is 0 Å². The first-order valence-electron chi connectivity index (χ1n) is 6.51. The van der Waals surface area contributed by atoms with Gasteiger partial charge in [-0.3, -0.25) is 9.63 Å². The van der Waals surface area contributed by atoms with E-state index in [0.29, 0.717) is 5.69 Å². The minimum Gasteiger partial charge on any atom is -0.444 e. The van der Waals surface area contributed by atoms with Crippen LogP contribution in [0.4, 0.5) is 4.79 Å². The van der Waals surface area contributed by atoms with Crippen LogP contribution in [0.5, 0.6) is 0 Å². The zero-order chi connectivity index (χ0) is 16.0. The number of carbonyl (C=O) groups excluding carboxylic acids is 2. The Balaban J connectivity index is 2.76. The predicted octanol–water partition coefficient (Wildman–Crippen LogP) is 0.865. The van der Waals surface area contributed by atoms with Crippen LogP contribution >= 0.6 is 0 Å². The van der Waals surface area contributed by atoms with Crippen LogP contribution in [0.1, 0.15) is 26.5 Å². The first-order valence-corrected chi connectivity index (χ1v) is 6.51. The Bertz CT molecular complexity index is 467. The second-order valence-electron chi connectivity index (χ2n) is 5.50. The van der Waals surface area contributed by atoms with Gasteiger partial charge in [0, 0.05) is 25.4 Å². The molecule has 118 valence electrons. The average molecular weight is 298 g/mol. The van der Waals surface area contributed by atoms with E-state index in [4.69, 9.17) is 9.57 Å². The summed E-state index contributed by atoms with van der Waals surface area (Å²) in [4.78, 5) is 35.7. The number of hydrogen-bond acceptors (Lipinski definition) is 5. The minimum atomic E-state index is -0.815. The Morgan fingerprint density at radius 3 is 2.62 bits per heavy atom. The summed E-state index contributed by atoms with van der Waals surface area (Å²) in [5.41, 5.74) is 0.0765. The van der Waals surface area contributed by atoms with Crippen molar-refractivity contribution in [3.05, 3.63) is 18.2 Å². The van der Waals surface area contributed by atoms with Crippen molar-refractivity contribution in [2.75, 3.05) is 14.2 Å². The molecule has 0 fully saturated rings. The molecule has 0 aromatic carbocycles. The molecule has 0 unspecified atom stereocenters. The Morgan fingerprint density at radius 1 is 1.48 bits per heavy atom. The van der Waals surface area contributed by atoms with Crippen LogP contribution in [0.2, 0.25) is 0 Å². The number of alkyl carbamates (subject to hydrolysis) is 1. The maximum Gasteiger partial charge on any atom is 0.408 e. The van der Waals surface area contributed by atoms with Gasteiger partial charge in [0.05, 0.1) is 13.4 Å². The highest BCUT2D eigenvalue weighted by molar-refractivity contribution is 5.85. The van der Waals surface area contributed by atoms with Gasteiger partial charge in [0.1, 0.15) is 11.6 Å². The number of carbonyl (C=O) groups is 2. The molecule has 1 aromatic heterocycles. The maximum atomic E-state index is 12.2. The fourth-order valence-corrected chi connectivity index (χ4v) is 1.58. The molecular formula is C13H22N4O4. The molecule has 0 bridgehead atoms. The van der Waals surface area contributed by atoms with E-state index in [-0.39, 0.29) is 6.42 Å². The normalized spacial score (nSPS) is 12.6. The third-order valence-electron chi connectivity index (χ3n) is 2.55. The lowest BCUT2D eigenvalue weighted by Gasteiger charge is -2.25. The average Bonchev–Trinajstić information content (AvgIpc) is 2.86. The van der Waals surface area contributed by atoms with Gasteiger partial charge in [-0.25, -0.2) is 14.8 Å². The number of hydroxylamine groups is 2. The lowest BCUT2D eigenvalue weighted by Crippen LogP contribution is -2.49. The maximum absolute atomic E-state index is 12.2. The molecule has 0 saturated carbocycles. The van der Waals surface area contributed by atoms with Gasteiger partial charge in [-0.2, -0.15) is 0 Å². The lowest BCUT2D eigenvalue weighted by atomic mass is 10.1. The van der Waals surface area contributed by atoms with Crippen molar-refractivity contribution in [2.45, 2.75) is 38.8 Å². The van der Waals surface area contributed by atoms with Gasteiger partial charge in [0.15, 0.2) is 0 Å². The SMILES string of the molecule is CON(C)C(=O)[C@@H](Cc1cnc[nH]1)NC(=O)OC(C)(C)C. The summed E-state index contributed by atoms with van der Waals surface area (Å²) in [6.07, 6.45) is 2.69. The van der Waals surface area contributed by atoms with Crippen LogP contribution in [0.15, 0.2) is 12.5 Å². The summed E-state index contributed by atoms with van der Waals surface area (Å²) < 4.78 is 5.16. The Hall–Kier alpha value is -2.09. The zero-order valence-electron chi connectivity index (χ0n) is 13.0. The van der Waals surface area contributed by atoms with Crippen LogP contribution in [0.3, 0.4) is 0 Å². The molecule has 8 nitrogen and oxygen atoms in total. The summed E-state index contributed by atoms with van der Waals surface area (Å²) in [7, 11) is 2.84. The molecule has 1 rings (SSSR count). The van der Waals surface area contributed by atoms with Crippen LogP contribution < -0.4 is 5.32 Å².